The Bertz CT molecular complexity index is 433. The van der Waals surface area contributed by atoms with Crippen molar-refractivity contribution < 1.29 is 13.6 Å². The lowest BCUT2D eigenvalue weighted by Crippen LogP contribution is -2.14. The summed E-state index contributed by atoms with van der Waals surface area (Å²) in [6, 6.07) is 4.89. The van der Waals surface area contributed by atoms with Gasteiger partial charge in [-0.3, -0.25) is 4.79 Å². The molecule has 0 amide bonds. The SMILES string of the molecule is CCC(Cc1cc(C)cc(C(C)(F)F)c1)C(C)=O. The number of alkyl halides is 2. The molecular formula is C15H20F2O. The molecule has 1 unspecified atom stereocenters. The van der Waals surface area contributed by atoms with Crippen LogP contribution in [0.3, 0.4) is 0 Å². The van der Waals surface area contributed by atoms with Crippen molar-refractivity contribution in [2.45, 2.75) is 46.5 Å². The average molecular weight is 254 g/mol. The summed E-state index contributed by atoms with van der Waals surface area (Å²) < 4.78 is 26.7. The lowest BCUT2D eigenvalue weighted by molar-refractivity contribution is -0.120. The van der Waals surface area contributed by atoms with Crippen LogP contribution >= 0.6 is 0 Å². The lowest BCUT2D eigenvalue weighted by atomic mass is 9.91. The first-order valence-corrected chi connectivity index (χ1v) is 6.23. The third kappa shape index (κ3) is 3.90. The van der Waals surface area contributed by atoms with E-state index in [2.05, 4.69) is 0 Å². The van der Waals surface area contributed by atoms with E-state index in [1.54, 1.807) is 13.8 Å². The zero-order valence-electron chi connectivity index (χ0n) is 11.4. The molecule has 0 aliphatic carbocycles. The third-order valence-corrected chi connectivity index (χ3v) is 3.19. The highest BCUT2D eigenvalue weighted by Crippen LogP contribution is 2.29. The van der Waals surface area contributed by atoms with Crippen LogP contribution in [0, 0.1) is 12.8 Å². The van der Waals surface area contributed by atoms with Gasteiger partial charge in [0.15, 0.2) is 0 Å². The Labute approximate surface area is 107 Å². The predicted octanol–water partition coefficient (Wildman–Crippen LogP) is 4.26. The van der Waals surface area contributed by atoms with Crippen LogP contribution < -0.4 is 0 Å². The minimum absolute atomic E-state index is 0.0240. The van der Waals surface area contributed by atoms with Gasteiger partial charge >= 0.3 is 0 Å². The fraction of sp³-hybridized carbons (Fsp3) is 0.533. The fourth-order valence-electron chi connectivity index (χ4n) is 2.09. The molecule has 0 aliphatic heterocycles. The molecule has 1 aromatic carbocycles. The summed E-state index contributed by atoms with van der Waals surface area (Å²) in [7, 11) is 0. The third-order valence-electron chi connectivity index (χ3n) is 3.19. The van der Waals surface area contributed by atoms with Gasteiger partial charge in [0.2, 0.25) is 0 Å². The Hall–Kier alpha value is -1.25. The summed E-state index contributed by atoms with van der Waals surface area (Å²) in [6.07, 6.45) is 1.28. The molecule has 0 saturated heterocycles. The summed E-state index contributed by atoms with van der Waals surface area (Å²) in [5.41, 5.74) is 1.65. The van der Waals surface area contributed by atoms with Crippen molar-refractivity contribution in [1.29, 1.82) is 0 Å². The molecule has 100 valence electrons. The number of ketones is 1. The standard InChI is InChI=1S/C15H20F2O/c1-5-13(11(3)18)8-12-6-10(2)7-14(9-12)15(4,16)17/h6-7,9,13H,5,8H2,1-4H3. The highest BCUT2D eigenvalue weighted by molar-refractivity contribution is 5.78. The van der Waals surface area contributed by atoms with Crippen molar-refractivity contribution in [2.75, 3.05) is 0 Å². The number of rotatable bonds is 5. The maximum Gasteiger partial charge on any atom is 0.270 e. The minimum atomic E-state index is -2.83. The number of aryl methyl sites for hydroxylation is 1. The summed E-state index contributed by atoms with van der Waals surface area (Å²) in [5, 5.41) is 0. The Morgan fingerprint density at radius 3 is 2.39 bits per heavy atom. The van der Waals surface area contributed by atoms with Gasteiger partial charge < -0.3 is 0 Å². The zero-order valence-corrected chi connectivity index (χ0v) is 11.4. The second-order valence-corrected chi connectivity index (χ2v) is 5.02. The number of Topliss-reactive ketones (excluding diaryl/α,β-unsaturated/α-hetero) is 1. The molecule has 1 rings (SSSR count). The van der Waals surface area contributed by atoms with E-state index >= 15 is 0 Å². The van der Waals surface area contributed by atoms with Crippen molar-refractivity contribution in [2.24, 2.45) is 5.92 Å². The van der Waals surface area contributed by atoms with Crippen molar-refractivity contribution in [3.05, 3.63) is 34.9 Å². The second-order valence-electron chi connectivity index (χ2n) is 5.02. The fourth-order valence-corrected chi connectivity index (χ4v) is 2.09. The van der Waals surface area contributed by atoms with Crippen LogP contribution in [0.5, 0.6) is 0 Å². The first-order chi connectivity index (χ1) is 8.24. The number of hydrogen-bond donors (Lipinski definition) is 0. The molecule has 0 bridgehead atoms. The first kappa shape index (κ1) is 14.8. The highest BCUT2D eigenvalue weighted by atomic mass is 19.3. The molecule has 0 fully saturated rings. The van der Waals surface area contributed by atoms with E-state index in [4.69, 9.17) is 0 Å². The molecule has 1 aromatic rings. The second kappa shape index (κ2) is 5.59. The van der Waals surface area contributed by atoms with Crippen LogP contribution in [0.15, 0.2) is 18.2 Å². The summed E-state index contributed by atoms with van der Waals surface area (Å²) in [6.45, 7) is 6.19. The van der Waals surface area contributed by atoms with Crippen LogP contribution in [0.4, 0.5) is 8.78 Å². The molecule has 0 radical (unpaired) electrons. The van der Waals surface area contributed by atoms with Gasteiger partial charge in [0, 0.05) is 18.4 Å². The molecule has 1 atom stereocenters. The Morgan fingerprint density at radius 2 is 1.94 bits per heavy atom. The van der Waals surface area contributed by atoms with Gasteiger partial charge in [-0.2, -0.15) is 0 Å². The van der Waals surface area contributed by atoms with E-state index in [-0.39, 0.29) is 17.3 Å². The van der Waals surface area contributed by atoms with Gasteiger partial charge in [0.05, 0.1) is 0 Å². The predicted molar refractivity (Wildman–Crippen MR) is 68.9 cm³/mol. The van der Waals surface area contributed by atoms with Crippen molar-refractivity contribution in [1.82, 2.24) is 0 Å². The number of benzene rings is 1. The van der Waals surface area contributed by atoms with Crippen molar-refractivity contribution >= 4 is 5.78 Å². The average Bonchev–Trinajstić information content (AvgIpc) is 2.23. The number of carbonyl (C=O) groups is 1. The van der Waals surface area contributed by atoms with Crippen molar-refractivity contribution in [3.63, 3.8) is 0 Å². The molecule has 0 saturated carbocycles. The molecular weight excluding hydrogens is 234 g/mol. The number of hydrogen-bond acceptors (Lipinski definition) is 1. The molecule has 3 heteroatoms. The van der Waals surface area contributed by atoms with Gasteiger partial charge in [-0.05, 0) is 38.3 Å². The van der Waals surface area contributed by atoms with Gasteiger partial charge in [-0.15, -0.1) is 0 Å². The Balaban J connectivity index is 3.03. The van der Waals surface area contributed by atoms with Gasteiger partial charge in [0.25, 0.3) is 5.92 Å². The molecule has 0 N–H and O–H groups in total. The van der Waals surface area contributed by atoms with E-state index in [1.807, 2.05) is 13.0 Å². The molecule has 0 spiro atoms. The normalized spacial score (nSPS) is 13.4. The molecule has 18 heavy (non-hydrogen) atoms. The summed E-state index contributed by atoms with van der Waals surface area (Å²) >= 11 is 0. The zero-order chi connectivity index (χ0) is 13.9. The van der Waals surface area contributed by atoms with Gasteiger partial charge in [0.1, 0.15) is 5.78 Å². The van der Waals surface area contributed by atoms with Crippen LogP contribution in [0.1, 0.15) is 43.9 Å². The maximum atomic E-state index is 13.3. The van der Waals surface area contributed by atoms with Crippen LogP contribution in [0.2, 0.25) is 0 Å². The van der Waals surface area contributed by atoms with E-state index < -0.39 is 5.92 Å². The van der Waals surface area contributed by atoms with E-state index in [0.717, 1.165) is 24.5 Å². The van der Waals surface area contributed by atoms with E-state index in [0.29, 0.717) is 6.42 Å². The van der Waals surface area contributed by atoms with Crippen molar-refractivity contribution in [3.8, 4) is 0 Å². The summed E-state index contributed by atoms with van der Waals surface area (Å²) in [5.74, 6) is -2.80. The highest BCUT2D eigenvalue weighted by Gasteiger charge is 2.25. The monoisotopic (exact) mass is 254 g/mol. The first-order valence-electron chi connectivity index (χ1n) is 6.23. The van der Waals surface area contributed by atoms with Crippen LogP contribution in [-0.4, -0.2) is 5.78 Å². The number of carbonyl (C=O) groups excluding carboxylic acids is 1. The minimum Gasteiger partial charge on any atom is -0.300 e. The lowest BCUT2D eigenvalue weighted by Gasteiger charge is -2.16. The van der Waals surface area contributed by atoms with Gasteiger partial charge in [-0.25, -0.2) is 8.78 Å². The Morgan fingerprint density at radius 1 is 1.33 bits per heavy atom. The summed E-state index contributed by atoms with van der Waals surface area (Å²) in [4.78, 5) is 11.4. The topological polar surface area (TPSA) is 17.1 Å². The Kier molecular flexibility index (Phi) is 4.60. The smallest absolute Gasteiger partial charge is 0.270 e. The molecule has 1 nitrogen and oxygen atoms in total. The van der Waals surface area contributed by atoms with E-state index in [9.17, 15) is 13.6 Å². The largest absolute Gasteiger partial charge is 0.300 e. The molecule has 0 heterocycles. The maximum absolute atomic E-state index is 13.3. The van der Waals surface area contributed by atoms with E-state index in [1.165, 1.54) is 12.1 Å². The molecule has 0 aromatic heterocycles. The van der Waals surface area contributed by atoms with Gasteiger partial charge in [-0.1, -0.05) is 24.6 Å². The molecule has 0 aliphatic rings. The van der Waals surface area contributed by atoms with Crippen LogP contribution in [-0.2, 0) is 17.1 Å². The number of halogens is 2. The quantitative estimate of drug-likeness (QED) is 0.767. The van der Waals surface area contributed by atoms with Crippen LogP contribution in [0.25, 0.3) is 0 Å².